The van der Waals surface area contributed by atoms with E-state index in [1.165, 1.54) is 0 Å². The molecule has 0 fully saturated rings. The van der Waals surface area contributed by atoms with Gasteiger partial charge in [0, 0.05) is 12.4 Å². The lowest BCUT2D eigenvalue weighted by Crippen LogP contribution is -2.31. The van der Waals surface area contributed by atoms with Crippen molar-refractivity contribution in [1.82, 2.24) is 10.2 Å². The van der Waals surface area contributed by atoms with Gasteiger partial charge in [-0.3, -0.25) is 0 Å². The van der Waals surface area contributed by atoms with Gasteiger partial charge in [-0.1, -0.05) is 0 Å². The highest BCUT2D eigenvalue weighted by molar-refractivity contribution is 6.18. The van der Waals surface area contributed by atoms with Crippen molar-refractivity contribution in [3.05, 3.63) is 17.8 Å². The van der Waals surface area contributed by atoms with Gasteiger partial charge in [-0.25, -0.2) is 8.78 Å². The minimum absolute atomic E-state index is 0.0476. The second kappa shape index (κ2) is 6.12. The summed E-state index contributed by atoms with van der Waals surface area (Å²) >= 11 is 5.42. The summed E-state index contributed by atoms with van der Waals surface area (Å²) in [5.41, 5.74) is -1.17. The highest BCUT2D eigenvalue weighted by atomic mass is 35.5. The number of alkyl halides is 6. The molecule has 1 heterocycles. The van der Waals surface area contributed by atoms with Crippen LogP contribution in [0.2, 0.25) is 0 Å². The maximum absolute atomic E-state index is 12.2. The first-order valence-electron chi connectivity index (χ1n) is 4.84. The van der Waals surface area contributed by atoms with Crippen LogP contribution in [0.1, 0.15) is 5.69 Å². The number of nitrogens with zero attached hydrogens (tertiary/aromatic N) is 3. The highest BCUT2D eigenvalue weighted by Gasteiger charge is 2.33. The minimum Gasteiger partial charge on any atom is -0.348 e. The van der Waals surface area contributed by atoms with Crippen molar-refractivity contribution in [2.75, 3.05) is 23.9 Å². The fourth-order valence-electron chi connectivity index (χ4n) is 1.21. The molecule has 0 aliphatic carbocycles. The second-order valence-electron chi connectivity index (χ2n) is 3.30. The molecule has 0 radical (unpaired) electrons. The first-order chi connectivity index (χ1) is 8.34. The maximum Gasteiger partial charge on any atom is 0.435 e. The number of rotatable bonds is 5. The first-order valence-corrected chi connectivity index (χ1v) is 5.38. The average molecular weight is 290 g/mol. The summed E-state index contributed by atoms with van der Waals surface area (Å²) < 4.78 is 61.2. The van der Waals surface area contributed by atoms with Crippen molar-refractivity contribution in [2.24, 2.45) is 0 Å². The second-order valence-corrected chi connectivity index (χ2v) is 3.68. The molecule has 18 heavy (non-hydrogen) atoms. The molecule has 1 aromatic heterocycles. The van der Waals surface area contributed by atoms with Gasteiger partial charge < -0.3 is 4.90 Å². The van der Waals surface area contributed by atoms with E-state index in [-0.39, 0.29) is 18.2 Å². The molecule has 9 heteroatoms. The number of hydrogen-bond donors (Lipinski definition) is 0. The summed E-state index contributed by atoms with van der Waals surface area (Å²) in [5.74, 6) is -0.0148. The summed E-state index contributed by atoms with van der Waals surface area (Å²) in [6.07, 6.45) is -7.25. The molecule has 0 bridgehead atoms. The van der Waals surface area contributed by atoms with Crippen LogP contribution < -0.4 is 4.90 Å². The summed E-state index contributed by atoms with van der Waals surface area (Å²) in [7, 11) is 0. The van der Waals surface area contributed by atoms with Crippen LogP contribution in [0.15, 0.2) is 12.1 Å². The lowest BCUT2D eigenvalue weighted by molar-refractivity contribution is -0.141. The zero-order valence-electron chi connectivity index (χ0n) is 8.96. The Morgan fingerprint density at radius 1 is 1.22 bits per heavy atom. The molecule has 0 amide bonds. The van der Waals surface area contributed by atoms with Crippen LogP contribution in [0, 0.1) is 0 Å². The van der Waals surface area contributed by atoms with Crippen LogP contribution in [0.25, 0.3) is 0 Å². The molecule has 0 N–H and O–H groups in total. The molecular formula is C9H9ClF5N3. The smallest absolute Gasteiger partial charge is 0.348 e. The van der Waals surface area contributed by atoms with Crippen LogP contribution >= 0.6 is 11.6 Å². The average Bonchev–Trinajstić information content (AvgIpc) is 2.27. The molecule has 3 nitrogen and oxygen atoms in total. The predicted octanol–water partition coefficient (Wildman–Crippen LogP) is 2.81. The zero-order valence-corrected chi connectivity index (χ0v) is 9.72. The van der Waals surface area contributed by atoms with Crippen molar-refractivity contribution in [3.63, 3.8) is 0 Å². The van der Waals surface area contributed by atoms with Gasteiger partial charge in [-0.2, -0.15) is 13.2 Å². The van der Waals surface area contributed by atoms with Crippen LogP contribution in [0.4, 0.5) is 27.8 Å². The van der Waals surface area contributed by atoms with E-state index >= 15 is 0 Å². The minimum atomic E-state index is -4.61. The van der Waals surface area contributed by atoms with Crippen molar-refractivity contribution < 1.29 is 22.0 Å². The van der Waals surface area contributed by atoms with Crippen LogP contribution in [0.5, 0.6) is 0 Å². The molecule has 0 atom stereocenters. The fraction of sp³-hybridized carbons (Fsp3) is 0.556. The van der Waals surface area contributed by atoms with Gasteiger partial charge in [-0.15, -0.1) is 21.8 Å². The van der Waals surface area contributed by atoms with Crippen molar-refractivity contribution >= 4 is 17.4 Å². The summed E-state index contributed by atoms with van der Waals surface area (Å²) in [6, 6.07) is 1.68. The molecule has 0 aromatic carbocycles. The Hall–Kier alpha value is -1.18. The summed E-state index contributed by atoms with van der Waals surface area (Å²) in [6.45, 7) is -0.612. The van der Waals surface area contributed by atoms with Crippen molar-refractivity contribution in [2.45, 2.75) is 12.6 Å². The standard InChI is InChI=1S/C9H9ClF5N3/c10-3-4-18(5-7(11)12)8-2-1-6(16-17-8)9(13,14)15/h1-2,7H,3-5H2. The van der Waals surface area contributed by atoms with Gasteiger partial charge in [0.2, 0.25) is 0 Å². The zero-order chi connectivity index (χ0) is 13.8. The van der Waals surface area contributed by atoms with Crippen molar-refractivity contribution in [3.8, 4) is 0 Å². The number of hydrogen-bond acceptors (Lipinski definition) is 3. The van der Waals surface area contributed by atoms with E-state index in [0.717, 1.165) is 11.0 Å². The van der Waals surface area contributed by atoms with E-state index in [4.69, 9.17) is 11.6 Å². The summed E-state index contributed by atoms with van der Waals surface area (Å²) in [4.78, 5) is 1.07. The SMILES string of the molecule is FC(F)CN(CCCl)c1ccc(C(F)(F)F)nn1. The molecular weight excluding hydrogens is 281 g/mol. The maximum atomic E-state index is 12.2. The Morgan fingerprint density at radius 3 is 2.28 bits per heavy atom. The van der Waals surface area contributed by atoms with Gasteiger partial charge in [0.25, 0.3) is 6.43 Å². The Balaban J connectivity index is 2.86. The lowest BCUT2D eigenvalue weighted by atomic mass is 10.3. The van der Waals surface area contributed by atoms with Crippen molar-refractivity contribution in [1.29, 1.82) is 0 Å². The van der Waals surface area contributed by atoms with E-state index in [0.29, 0.717) is 6.07 Å². The molecule has 102 valence electrons. The lowest BCUT2D eigenvalue weighted by Gasteiger charge is -2.21. The molecule has 0 unspecified atom stereocenters. The van der Waals surface area contributed by atoms with Crippen LogP contribution in [0.3, 0.4) is 0 Å². The molecule has 0 aliphatic heterocycles. The Bertz CT molecular complexity index is 367. The Labute approximate surface area is 105 Å². The number of anilines is 1. The Morgan fingerprint density at radius 2 is 1.89 bits per heavy atom. The molecule has 0 aliphatic rings. The first kappa shape index (κ1) is 14.9. The quantitative estimate of drug-likeness (QED) is 0.616. The van der Waals surface area contributed by atoms with E-state index < -0.39 is 24.8 Å². The number of halogens is 6. The molecule has 1 aromatic rings. The fourth-order valence-corrected chi connectivity index (χ4v) is 1.42. The van der Waals surface area contributed by atoms with Crippen LogP contribution in [-0.4, -0.2) is 35.6 Å². The van der Waals surface area contributed by atoms with E-state index in [9.17, 15) is 22.0 Å². The van der Waals surface area contributed by atoms with Gasteiger partial charge in [0.05, 0.1) is 6.54 Å². The largest absolute Gasteiger partial charge is 0.435 e. The highest BCUT2D eigenvalue weighted by Crippen LogP contribution is 2.27. The third-order valence-corrected chi connectivity index (χ3v) is 2.15. The third kappa shape index (κ3) is 4.25. The molecule has 0 saturated carbocycles. The monoisotopic (exact) mass is 289 g/mol. The molecule has 0 saturated heterocycles. The van der Waals surface area contributed by atoms with E-state index in [1.54, 1.807) is 0 Å². The normalized spacial score (nSPS) is 11.9. The van der Waals surface area contributed by atoms with E-state index in [1.807, 2.05) is 0 Å². The van der Waals surface area contributed by atoms with Gasteiger partial charge >= 0.3 is 6.18 Å². The third-order valence-electron chi connectivity index (χ3n) is 1.98. The van der Waals surface area contributed by atoms with Gasteiger partial charge in [0.15, 0.2) is 11.5 Å². The van der Waals surface area contributed by atoms with Gasteiger partial charge in [-0.05, 0) is 12.1 Å². The van der Waals surface area contributed by atoms with Crippen LogP contribution in [-0.2, 0) is 6.18 Å². The molecule has 0 spiro atoms. The number of aromatic nitrogens is 2. The summed E-state index contributed by atoms with van der Waals surface area (Å²) in [5, 5.41) is 6.24. The van der Waals surface area contributed by atoms with Gasteiger partial charge in [0.1, 0.15) is 0 Å². The van der Waals surface area contributed by atoms with E-state index in [2.05, 4.69) is 10.2 Å². The Kier molecular flexibility index (Phi) is 5.06. The predicted molar refractivity (Wildman–Crippen MR) is 56.0 cm³/mol. The topological polar surface area (TPSA) is 29.0 Å². The molecule has 1 rings (SSSR count).